The molecule has 2 N–H and O–H groups in total. The molecule has 1 aromatic rings. The number of rotatable bonds is 6. The molecule has 0 spiro atoms. The summed E-state index contributed by atoms with van der Waals surface area (Å²) in [5, 5.41) is 11.1. The molecule has 1 atom stereocenters. The number of benzene rings is 1. The Kier molecular flexibility index (Phi) is 5.85. The van der Waals surface area contributed by atoms with Crippen LogP contribution in [0.25, 0.3) is 0 Å². The van der Waals surface area contributed by atoms with Gasteiger partial charge >= 0.3 is 5.97 Å². The molecule has 6 nitrogen and oxygen atoms in total. The third-order valence-electron chi connectivity index (χ3n) is 2.55. The lowest BCUT2D eigenvalue weighted by Gasteiger charge is -2.14. The normalized spacial score (nSPS) is 12.7. The lowest BCUT2D eigenvalue weighted by molar-refractivity contribution is -0.139. The monoisotopic (exact) mass is 381 g/mol. The van der Waals surface area contributed by atoms with Crippen molar-refractivity contribution in [3.05, 3.63) is 34.1 Å². The minimum Gasteiger partial charge on any atom is -0.480 e. The molecule has 0 heterocycles. The average Bonchev–Trinajstić information content (AvgIpc) is 2.35. The summed E-state index contributed by atoms with van der Waals surface area (Å²) < 4.78 is 36.1. The van der Waals surface area contributed by atoms with Crippen molar-refractivity contribution in [2.45, 2.75) is 12.5 Å². The van der Waals surface area contributed by atoms with Crippen LogP contribution in [0.15, 0.2) is 22.7 Å². The smallest absolute Gasteiger partial charge is 0.326 e. The summed E-state index contributed by atoms with van der Waals surface area (Å²) in [6.45, 7) is 0. The second-order valence-corrected chi connectivity index (χ2v) is 7.58. The van der Waals surface area contributed by atoms with Crippen LogP contribution in [0.1, 0.15) is 16.8 Å². The number of hydrogen-bond donors (Lipinski definition) is 2. The van der Waals surface area contributed by atoms with Gasteiger partial charge in [-0.3, -0.25) is 4.79 Å². The molecule has 0 aliphatic heterocycles. The fourth-order valence-electron chi connectivity index (χ4n) is 1.50. The number of carboxylic acid groups (broad SMARTS) is 1. The van der Waals surface area contributed by atoms with Gasteiger partial charge in [0.2, 0.25) is 0 Å². The van der Waals surface area contributed by atoms with Gasteiger partial charge in [0.25, 0.3) is 5.91 Å². The van der Waals surface area contributed by atoms with E-state index in [0.29, 0.717) is 4.47 Å². The van der Waals surface area contributed by atoms with Crippen molar-refractivity contribution in [1.82, 2.24) is 5.32 Å². The second-order valence-electron chi connectivity index (χ2n) is 4.41. The summed E-state index contributed by atoms with van der Waals surface area (Å²) >= 11 is 3.07. The molecule has 116 valence electrons. The predicted molar refractivity (Wildman–Crippen MR) is 77.3 cm³/mol. The first-order valence-corrected chi connectivity index (χ1v) is 8.62. The second kappa shape index (κ2) is 6.99. The van der Waals surface area contributed by atoms with E-state index in [9.17, 15) is 22.4 Å². The van der Waals surface area contributed by atoms with E-state index in [1.54, 1.807) is 0 Å². The number of amides is 1. The predicted octanol–water partition coefficient (Wildman–Crippen LogP) is 1.21. The number of nitrogens with one attached hydrogen (secondary N) is 1. The van der Waals surface area contributed by atoms with Gasteiger partial charge in [-0.2, -0.15) is 0 Å². The van der Waals surface area contributed by atoms with Crippen molar-refractivity contribution in [1.29, 1.82) is 0 Å². The molecule has 21 heavy (non-hydrogen) atoms. The van der Waals surface area contributed by atoms with E-state index in [2.05, 4.69) is 21.2 Å². The molecule has 1 rings (SSSR count). The minimum atomic E-state index is -3.36. The van der Waals surface area contributed by atoms with E-state index in [0.717, 1.165) is 12.3 Å². The summed E-state index contributed by atoms with van der Waals surface area (Å²) in [5.74, 6) is -3.51. The molecule has 9 heteroatoms. The lowest BCUT2D eigenvalue weighted by atomic mass is 10.1. The Morgan fingerprint density at radius 3 is 2.57 bits per heavy atom. The fraction of sp³-hybridized carbons (Fsp3) is 0.333. The molecule has 0 aliphatic rings. The van der Waals surface area contributed by atoms with Gasteiger partial charge in [0.15, 0.2) is 0 Å². The maximum Gasteiger partial charge on any atom is 0.326 e. The highest BCUT2D eigenvalue weighted by Crippen LogP contribution is 2.15. The summed E-state index contributed by atoms with van der Waals surface area (Å²) in [6.07, 6.45) is 0.664. The fourth-order valence-corrected chi connectivity index (χ4v) is 2.52. The number of sulfone groups is 1. The summed E-state index contributed by atoms with van der Waals surface area (Å²) in [4.78, 5) is 22.9. The van der Waals surface area contributed by atoms with Crippen LogP contribution < -0.4 is 5.32 Å². The Labute approximate surface area is 129 Å². The lowest BCUT2D eigenvalue weighted by Crippen LogP contribution is -2.42. The van der Waals surface area contributed by atoms with Crippen LogP contribution >= 0.6 is 15.9 Å². The number of carboxylic acids is 1. The zero-order chi connectivity index (χ0) is 16.2. The van der Waals surface area contributed by atoms with Crippen molar-refractivity contribution in [2.75, 3.05) is 12.0 Å². The quantitative estimate of drug-likeness (QED) is 0.770. The summed E-state index contributed by atoms with van der Waals surface area (Å²) in [5.41, 5.74) is -0.324. The molecule has 0 aromatic heterocycles. The van der Waals surface area contributed by atoms with Gasteiger partial charge in [-0.05, 0) is 24.6 Å². The van der Waals surface area contributed by atoms with E-state index < -0.39 is 39.3 Å². The van der Waals surface area contributed by atoms with E-state index >= 15 is 0 Å². The highest BCUT2D eigenvalue weighted by molar-refractivity contribution is 9.10. The van der Waals surface area contributed by atoms with Crippen molar-refractivity contribution < 1.29 is 27.5 Å². The first kappa shape index (κ1) is 17.6. The van der Waals surface area contributed by atoms with Gasteiger partial charge in [0.1, 0.15) is 21.7 Å². The minimum absolute atomic E-state index is 0.296. The number of hydrogen-bond acceptors (Lipinski definition) is 4. The number of halogens is 2. The molecule has 1 unspecified atom stereocenters. The van der Waals surface area contributed by atoms with Crippen molar-refractivity contribution in [3.8, 4) is 0 Å². The molecule has 0 aliphatic carbocycles. The molecule has 0 fully saturated rings. The van der Waals surface area contributed by atoms with Gasteiger partial charge in [-0.25, -0.2) is 17.6 Å². The van der Waals surface area contributed by atoms with E-state index in [1.165, 1.54) is 12.1 Å². The molecular weight excluding hydrogens is 369 g/mol. The number of carbonyl (C=O) groups excluding carboxylic acids is 1. The van der Waals surface area contributed by atoms with Crippen LogP contribution in [0, 0.1) is 5.82 Å². The molecule has 1 aromatic carbocycles. The van der Waals surface area contributed by atoms with Crippen LogP contribution in [-0.2, 0) is 14.6 Å². The van der Waals surface area contributed by atoms with Gasteiger partial charge in [-0.15, -0.1) is 0 Å². The standard InChI is InChI=1S/C12H13BrFNO5S/c1-21(19,20)5-4-10(12(17)18)15-11(16)8-6-7(13)2-3-9(8)14/h2-3,6,10H,4-5H2,1H3,(H,15,16)(H,17,18). The molecule has 1 amide bonds. The third kappa shape index (κ3) is 5.80. The number of aliphatic carboxylic acids is 1. The van der Waals surface area contributed by atoms with Crippen LogP contribution in [0.4, 0.5) is 4.39 Å². The molecule has 0 saturated carbocycles. The Hall–Kier alpha value is -1.48. The van der Waals surface area contributed by atoms with Crippen LogP contribution in [-0.4, -0.2) is 43.5 Å². The summed E-state index contributed by atoms with van der Waals surface area (Å²) in [6, 6.07) is 2.25. The van der Waals surface area contributed by atoms with Crippen molar-refractivity contribution in [2.24, 2.45) is 0 Å². The van der Waals surface area contributed by atoms with Gasteiger partial charge in [0.05, 0.1) is 11.3 Å². The number of carbonyl (C=O) groups is 2. The van der Waals surface area contributed by atoms with Crippen LogP contribution in [0.2, 0.25) is 0 Å². The highest BCUT2D eigenvalue weighted by atomic mass is 79.9. The Morgan fingerprint density at radius 1 is 1.43 bits per heavy atom. The molecular formula is C12H13BrFNO5S. The summed E-state index contributed by atoms with van der Waals surface area (Å²) in [7, 11) is -3.36. The van der Waals surface area contributed by atoms with Crippen molar-refractivity contribution >= 4 is 37.6 Å². The largest absolute Gasteiger partial charge is 0.480 e. The zero-order valence-electron chi connectivity index (χ0n) is 11.0. The Bertz CT molecular complexity index is 662. The van der Waals surface area contributed by atoms with Gasteiger partial charge in [0, 0.05) is 10.7 Å². The van der Waals surface area contributed by atoms with E-state index in [-0.39, 0.29) is 12.0 Å². The first-order chi connectivity index (χ1) is 9.60. The maximum atomic E-state index is 13.5. The zero-order valence-corrected chi connectivity index (χ0v) is 13.4. The molecule has 0 bridgehead atoms. The molecule has 0 saturated heterocycles. The molecule has 0 radical (unpaired) electrons. The average molecular weight is 382 g/mol. The van der Waals surface area contributed by atoms with Crippen LogP contribution in [0.5, 0.6) is 0 Å². The third-order valence-corrected chi connectivity index (χ3v) is 4.02. The maximum absolute atomic E-state index is 13.5. The highest BCUT2D eigenvalue weighted by Gasteiger charge is 2.23. The first-order valence-electron chi connectivity index (χ1n) is 5.76. The van der Waals surface area contributed by atoms with Crippen LogP contribution in [0.3, 0.4) is 0 Å². The topological polar surface area (TPSA) is 101 Å². The Morgan fingerprint density at radius 2 is 2.05 bits per heavy atom. The Balaban J connectivity index is 2.86. The van der Waals surface area contributed by atoms with Crippen molar-refractivity contribution in [3.63, 3.8) is 0 Å². The van der Waals surface area contributed by atoms with E-state index in [1.807, 2.05) is 0 Å². The van der Waals surface area contributed by atoms with Gasteiger partial charge < -0.3 is 10.4 Å². The van der Waals surface area contributed by atoms with E-state index in [4.69, 9.17) is 5.11 Å². The van der Waals surface area contributed by atoms with Gasteiger partial charge in [-0.1, -0.05) is 15.9 Å². The SMILES string of the molecule is CS(=O)(=O)CCC(NC(=O)c1cc(Br)ccc1F)C(=O)O.